The van der Waals surface area contributed by atoms with Crippen molar-refractivity contribution >= 4 is 33.3 Å². The molecule has 2 aromatic heterocycles. The van der Waals surface area contributed by atoms with E-state index in [0.29, 0.717) is 10.8 Å². The highest BCUT2D eigenvalue weighted by Crippen LogP contribution is 2.20. The van der Waals surface area contributed by atoms with Crippen LogP contribution in [0.4, 0.5) is 5.82 Å². The third-order valence-corrected chi connectivity index (χ3v) is 2.70. The smallest absolute Gasteiger partial charge is 0.267 e. The number of nitrogens with one attached hydrogen (secondary N) is 1. The Morgan fingerprint density at radius 3 is 2.93 bits per heavy atom. The number of aromatic amines is 1. The average Bonchev–Trinajstić information content (AvgIpc) is 2.51. The Labute approximate surface area is 97.2 Å². The van der Waals surface area contributed by atoms with Gasteiger partial charge in [0.2, 0.25) is 0 Å². The molecule has 0 aromatic carbocycles. The van der Waals surface area contributed by atoms with Crippen molar-refractivity contribution in [2.24, 2.45) is 0 Å². The van der Waals surface area contributed by atoms with Gasteiger partial charge in [-0.25, -0.2) is 9.67 Å². The van der Waals surface area contributed by atoms with E-state index < -0.39 is 0 Å². The van der Waals surface area contributed by atoms with E-state index in [1.54, 1.807) is 0 Å². The maximum Gasteiger partial charge on any atom is 0.267 e. The third kappa shape index (κ3) is 1.75. The number of nitrogen functional groups attached to an aromatic ring is 1. The lowest BCUT2D eigenvalue weighted by Gasteiger charge is -2.00. The van der Waals surface area contributed by atoms with Crippen molar-refractivity contribution in [1.82, 2.24) is 19.7 Å². The summed E-state index contributed by atoms with van der Waals surface area (Å²) < 4.78 is 1.60. The number of nitrogens with zero attached hydrogens (tertiary/aromatic N) is 3. The zero-order chi connectivity index (χ0) is 11.0. The highest BCUT2D eigenvalue weighted by atomic mass is 79.9. The number of nitrogens with two attached hydrogens (primary N) is 1. The molecule has 2 rings (SSSR count). The molecule has 0 aliphatic heterocycles. The monoisotopic (exact) mass is 289 g/mol. The Morgan fingerprint density at radius 2 is 2.33 bits per heavy atom. The molecular formula is C7H5BrClN5O. The lowest BCUT2D eigenvalue weighted by atomic mass is 10.6. The van der Waals surface area contributed by atoms with E-state index in [2.05, 4.69) is 31.0 Å². The summed E-state index contributed by atoms with van der Waals surface area (Å²) in [6.07, 6.45) is 2.75. The summed E-state index contributed by atoms with van der Waals surface area (Å²) >= 11 is 8.83. The van der Waals surface area contributed by atoms with Gasteiger partial charge in [0.1, 0.15) is 9.50 Å². The van der Waals surface area contributed by atoms with Crippen LogP contribution >= 0.6 is 27.5 Å². The molecule has 0 radical (unpaired) electrons. The molecule has 2 heterocycles. The summed E-state index contributed by atoms with van der Waals surface area (Å²) in [6.45, 7) is 0. The van der Waals surface area contributed by atoms with E-state index in [1.165, 1.54) is 17.2 Å². The Kier molecular flexibility index (Phi) is 2.49. The van der Waals surface area contributed by atoms with Crippen LogP contribution in [0.5, 0.6) is 0 Å². The predicted molar refractivity (Wildman–Crippen MR) is 59.1 cm³/mol. The molecule has 3 N–H and O–H groups in total. The molecular weight excluding hydrogens is 285 g/mol. The second kappa shape index (κ2) is 3.67. The normalized spacial score (nSPS) is 10.5. The molecule has 0 bridgehead atoms. The number of hydrogen-bond acceptors (Lipinski definition) is 4. The first kappa shape index (κ1) is 10.2. The maximum atomic E-state index is 11.3. The molecule has 0 fully saturated rings. The van der Waals surface area contributed by atoms with Crippen molar-refractivity contribution in [3.8, 4) is 5.82 Å². The van der Waals surface area contributed by atoms with Gasteiger partial charge in [-0.2, -0.15) is 0 Å². The number of H-pyrrole nitrogens is 1. The minimum absolute atomic E-state index is 0.186. The van der Waals surface area contributed by atoms with Gasteiger partial charge < -0.3 is 10.7 Å². The fourth-order valence-electron chi connectivity index (χ4n) is 1.01. The van der Waals surface area contributed by atoms with Crippen molar-refractivity contribution in [2.45, 2.75) is 0 Å². The summed E-state index contributed by atoms with van der Waals surface area (Å²) in [4.78, 5) is 17.6. The Hall–Kier alpha value is -1.34. The zero-order valence-electron chi connectivity index (χ0n) is 7.24. The van der Waals surface area contributed by atoms with Crippen LogP contribution in [0.25, 0.3) is 5.82 Å². The quantitative estimate of drug-likeness (QED) is 0.818. The molecule has 6 nitrogen and oxygen atoms in total. The van der Waals surface area contributed by atoms with Crippen molar-refractivity contribution in [2.75, 3.05) is 5.73 Å². The van der Waals surface area contributed by atoms with Crippen LogP contribution in [0.3, 0.4) is 0 Å². The largest absolute Gasteiger partial charge is 0.381 e. The van der Waals surface area contributed by atoms with Gasteiger partial charge in [-0.3, -0.25) is 4.79 Å². The second-order valence-corrected chi connectivity index (χ2v) is 3.88. The van der Waals surface area contributed by atoms with Crippen molar-refractivity contribution in [3.63, 3.8) is 0 Å². The molecule has 0 aliphatic carbocycles. The number of aromatic nitrogens is 4. The minimum Gasteiger partial charge on any atom is -0.381 e. The van der Waals surface area contributed by atoms with Crippen LogP contribution in [-0.4, -0.2) is 19.7 Å². The van der Waals surface area contributed by atoms with E-state index in [0.717, 1.165) is 0 Å². The van der Waals surface area contributed by atoms with Gasteiger partial charge in [-0.1, -0.05) is 11.6 Å². The summed E-state index contributed by atoms with van der Waals surface area (Å²) in [5.74, 6) is 0.517. The lowest BCUT2D eigenvalue weighted by molar-refractivity contribution is 0.832. The first-order chi connectivity index (χ1) is 7.09. The van der Waals surface area contributed by atoms with E-state index in [4.69, 9.17) is 17.3 Å². The molecule has 0 unspecified atom stereocenters. The molecule has 8 heteroatoms. The molecule has 0 atom stereocenters. The summed E-state index contributed by atoms with van der Waals surface area (Å²) in [6, 6.07) is 0. The van der Waals surface area contributed by atoms with Gasteiger partial charge >= 0.3 is 0 Å². The topological polar surface area (TPSA) is 89.6 Å². The fourth-order valence-corrected chi connectivity index (χ4v) is 1.54. The van der Waals surface area contributed by atoms with Gasteiger partial charge in [-0.05, 0) is 15.9 Å². The molecule has 0 saturated heterocycles. The van der Waals surface area contributed by atoms with Crippen LogP contribution in [0.1, 0.15) is 0 Å². The van der Waals surface area contributed by atoms with Gasteiger partial charge in [0.15, 0.2) is 11.6 Å². The van der Waals surface area contributed by atoms with Crippen LogP contribution in [-0.2, 0) is 0 Å². The van der Waals surface area contributed by atoms with Crippen LogP contribution in [0, 0.1) is 0 Å². The lowest BCUT2D eigenvalue weighted by Crippen LogP contribution is -2.12. The van der Waals surface area contributed by atoms with Gasteiger partial charge in [-0.15, -0.1) is 5.10 Å². The third-order valence-electron chi connectivity index (χ3n) is 1.69. The van der Waals surface area contributed by atoms with Crippen molar-refractivity contribution < 1.29 is 0 Å². The predicted octanol–water partition coefficient (Wildman–Crippen LogP) is 0.954. The van der Waals surface area contributed by atoms with E-state index in [9.17, 15) is 4.79 Å². The van der Waals surface area contributed by atoms with Crippen molar-refractivity contribution in [3.05, 3.63) is 32.4 Å². The van der Waals surface area contributed by atoms with Crippen molar-refractivity contribution in [1.29, 1.82) is 0 Å². The van der Waals surface area contributed by atoms with E-state index in [1.807, 2.05) is 0 Å². The summed E-state index contributed by atoms with van der Waals surface area (Å²) in [5.41, 5.74) is 5.17. The maximum absolute atomic E-state index is 11.3. The molecule has 15 heavy (non-hydrogen) atoms. The zero-order valence-corrected chi connectivity index (χ0v) is 9.58. The Balaban J connectivity index is 2.64. The fraction of sp³-hybridized carbons (Fsp3) is 0. The summed E-state index contributed by atoms with van der Waals surface area (Å²) in [7, 11) is 0. The highest BCUT2D eigenvalue weighted by molar-refractivity contribution is 9.10. The number of anilines is 1. The first-order valence-electron chi connectivity index (χ1n) is 3.84. The van der Waals surface area contributed by atoms with E-state index >= 15 is 0 Å². The van der Waals surface area contributed by atoms with Crippen LogP contribution in [0.15, 0.2) is 21.8 Å². The number of rotatable bonds is 1. The molecule has 78 valence electrons. The van der Waals surface area contributed by atoms with Gasteiger partial charge in [0.05, 0.1) is 12.5 Å². The highest BCUT2D eigenvalue weighted by Gasteiger charge is 2.10. The Morgan fingerprint density at radius 1 is 1.60 bits per heavy atom. The van der Waals surface area contributed by atoms with Gasteiger partial charge in [0.25, 0.3) is 5.56 Å². The Bertz CT molecular complexity index is 543. The average molecular weight is 291 g/mol. The molecule has 2 aromatic rings. The molecule has 0 spiro atoms. The first-order valence-corrected chi connectivity index (χ1v) is 5.01. The molecule has 0 aliphatic rings. The minimum atomic E-state index is -0.301. The molecule has 0 amide bonds. The number of halogens is 2. The standard InChI is InChI=1S/C7H5BrClN5O/c8-4-6(11-2-12-7(4)15)14-1-3(9)5(10)13-14/h1-2H,(H2,10,13)(H,11,12,15). The summed E-state index contributed by atoms with van der Waals surface area (Å²) in [5, 5.41) is 4.21. The van der Waals surface area contributed by atoms with Crippen LogP contribution < -0.4 is 11.3 Å². The molecule has 0 saturated carbocycles. The number of hydrogen-bond donors (Lipinski definition) is 2. The van der Waals surface area contributed by atoms with Crippen LogP contribution in [0.2, 0.25) is 5.02 Å². The second-order valence-electron chi connectivity index (χ2n) is 2.68. The SMILES string of the molecule is Nc1nn(-c2nc[nH]c(=O)c2Br)cc1Cl. The van der Waals surface area contributed by atoms with E-state index in [-0.39, 0.29) is 15.8 Å². The van der Waals surface area contributed by atoms with Gasteiger partial charge in [0, 0.05) is 0 Å².